The van der Waals surface area contributed by atoms with Crippen LogP contribution in [0.1, 0.15) is 41.0 Å². The van der Waals surface area contributed by atoms with Crippen LogP contribution in [0.5, 0.6) is 0 Å². The number of hydrogen-bond donors (Lipinski definition) is 1. The lowest BCUT2D eigenvalue weighted by molar-refractivity contribution is -0.227. The summed E-state index contributed by atoms with van der Waals surface area (Å²) in [7, 11) is 0. The first-order valence-corrected chi connectivity index (χ1v) is 12.7. The Hall–Kier alpha value is -2.76. The average molecular weight is 555 g/mol. The molecule has 12 heteroatoms. The van der Waals surface area contributed by atoms with Crippen molar-refractivity contribution in [1.82, 2.24) is 0 Å². The second kappa shape index (κ2) is 9.46. The molecule has 0 aromatic heterocycles. The van der Waals surface area contributed by atoms with Crippen molar-refractivity contribution in [3.05, 3.63) is 24.3 Å². The maximum absolute atomic E-state index is 13.4. The van der Waals surface area contributed by atoms with Gasteiger partial charge in [-0.15, -0.1) is 11.6 Å². The Bertz CT molecular complexity index is 1130. The molecule has 0 spiro atoms. The summed E-state index contributed by atoms with van der Waals surface area (Å²) in [5.41, 5.74) is -5.03. The molecule has 208 valence electrons. The Balaban J connectivity index is 1.97. The summed E-state index contributed by atoms with van der Waals surface area (Å²) >= 11 is 6.71. The van der Waals surface area contributed by atoms with Gasteiger partial charge >= 0.3 is 23.9 Å². The molecule has 2 heterocycles. The van der Waals surface area contributed by atoms with E-state index in [4.69, 9.17) is 35.3 Å². The summed E-state index contributed by atoms with van der Waals surface area (Å²) < 4.78 is 27.7. The Kier molecular flexibility index (Phi) is 7.03. The van der Waals surface area contributed by atoms with Gasteiger partial charge in [-0.25, -0.2) is 4.79 Å². The molecule has 1 N–H and O–H groups in total. The van der Waals surface area contributed by atoms with E-state index >= 15 is 0 Å². The standard InChI is InChI=1S/C26H31ClO11/c1-11-9-15-20(35-15)24(5)8-7-16(30)25(6,38-14(4)29)19(24)22(36-17(31)10-34-13(3)28)26(33)12(2)23(32)37-21(26)18(11)27/h7-8,12,15,18-22,33H,1,9-10H2,2-6H3/t12-,15+,18-,19+,20-,21-,22+,24-,25+,26-/m0/s1. The SMILES string of the molecule is C=C1C[C@H]2O[C@@H]2[C@@]2(C)C=CC(=O)[C@@](C)(OC(C)=O)[C@@H]2[C@@H](OC(=O)COC(C)=O)[C@]2(O)[C@@H](C)C(=O)O[C@H]2[C@H]1Cl. The van der Waals surface area contributed by atoms with Crippen LogP contribution in [0.4, 0.5) is 0 Å². The maximum Gasteiger partial charge on any atom is 0.344 e. The van der Waals surface area contributed by atoms with Crippen molar-refractivity contribution in [1.29, 1.82) is 0 Å². The smallest absolute Gasteiger partial charge is 0.344 e. The van der Waals surface area contributed by atoms with Crippen LogP contribution in [0.3, 0.4) is 0 Å². The van der Waals surface area contributed by atoms with Gasteiger partial charge in [-0.3, -0.25) is 19.2 Å². The highest BCUT2D eigenvalue weighted by Crippen LogP contribution is 2.59. The van der Waals surface area contributed by atoms with E-state index in [-0.39, 0.29) is 6.42 Å². The zero-order valence-electron chi connectivity index (χ0n) is 21.7. The molecule has 0 unspecified atom stereocenters. The number of fused-ring (bicyclic) bond motifs is 4. The molecule has 10 atom stereocenters. The van der Waals surface area contributed by atoms with Crippen LogP contribution in [-0.4, -0.2) is 82.4 Å². The number of esters is 4. The minimum atomic E-state index is -2.32. The summed E-state index contributed by atoms with van der Waals surface area (Å²) in [4.78, 5) is 62.9. The van der Waals surface area contributed by atoms with Crippen molar-refractivity contribution >= 4 is 41.3 Å². The zero-order valence-corrected chi connectivity index (χ0v) is 22.5. The van der Waals surface area contributed by atoms with E-state index in [0.717, 1.165) is 13.8 Å². The lowest BCUT2D eigenvalue weighted by Crippen LogP contribution is -2.69. The molecule has 4 rings (SSSR count). The van der Waals surface area contributed by atoms with E-state index in [9.17, 15) is 29.1 Å². The number of rotatable bonds is 4. The zero-order chi connectivity index (χ0) is 28.4. The summed E-state index contributed by atoms with van der Waals surface area (Å²) in [6.45, 7) is 9.87. The van der Waals surface area contributed by atoms with E-state index in [0.29, 0.717) is 5.57 Å². The normalized spacial score (nSPS) is 43.7. The molecule has 0 radical (unpaired) electrons. The number of epoxide rings is 1. The Labute approximate surface area is 224 Å². The number of carbonyl (C=O) groups is 5. The van der Waals surface area contributed by atoms with Crippen LogP contribution < -0.4 is 0 Å². The highest BCUT2D eigenvalue weighted by Gasteiger charge is 2.73. The first kappa shape index (κ1) is 28.3. The molecule has 1 saturated carbocycles. The van der Waals surface area contributed by atoms with Gasteiger partial charge in [0.15, 0.2) is 29.7 Å². The van der Waals surface area contributed by atoms with E-state index in [1.54, 1.807) is 13.0 Å². The van der Waals surface area contributed by atoms with Crippen LogP contribution >= 0.6 is 11.6 Å². The van der Waals surface area contributed by atoms with E-state index < -0.39 is 94.5 Å². The number of ether oxygens (including phenoxy) is 5. The topological polar surface area (TPSA) is 155 Å². The van der Waals surface area contributed by atoms with Gasteiger partial charge in [0, 0.05) is 19.3 Å². The summed E-state index contributed by atoms with van der Waals surface area (Å²) in [5.74, 6) is -6.65. The van der Waals surface area contributed by atoms with Gasteiger partial charge < -0.3 is 28.8 Å². The lowest BCUT2D eigenvalue weighted by Gasteiger charge is -2.53. The fourth-order valence-electron chi connectivity index (χ4n) is 6.23. The maximum atomic E-state index is 13.4. The molecular weight excluding hydrogens is 524 g/mol. The minimum Gasteiger partial charge on any atom is -0.457 e. The van der Waals surface area contributed by atoms with Gasteiger partial charge in [0.1, 0.15) is 6.10 Å². The quantitative estimate of drug-likeness (QED) is 0.175. The molecule has 0 aromatic rings. The second-order valence-corrected chi connectivity index (χ2v) is 11.2. The Morgan fingerprint density at radius 2 is 1.84 bits per heavy atom. The van der Waals surface area contributed by atoms with Crippen LogP contribution in [0.15, 0.2) is 24.3 Å². The van der Waals surface area contributed by atoms with Crippen LogP contribution in [0, 0.1) is 17.3 Å². The minimum absolute atomic E-state index is 0.266. The summed E-state index contributed by atoms with van der Waals surface area (Å²) in [6.07, 6.45) is -1.05. The van der Waals surface area contributed by atoms with Crippen LogP contribution in [-0.2, 0) is 47.7 Å². The van der Waals surface area contributed by atoms with Gasteiger partial charge in [0.2, 0.25) is 0 Å². The number of carbonyl (C=O) groups excluding carboxylic acids is 5. The Morgan fingerprint density at radius 3 is 2.45 bits per heavy atom. The molecule has 4 aliphatic rings. The van der Waals surface area contributed by atoms with Crippen LogP contribution in [0.2, 0.25) is 0 Å². The molecule has 2 aliphatic carbocycles. The molecule has 2 saturated heterocycles. The number of aliphatic hydroxyl groups is 1. The lowest BCUT2D eigenvalue weighted by atomic mass is 9.55. The molecule has 0 aromatic carbocycles. The first-order chi connectivity index (χ1) is 17.6. The third-order valence-electron chi connectivity index (χ3n) is 8.17. The van der Waals surface area contributed by atoms with Crippen LogP contribution in [0.25, 0.3) is 0 Å². The van der Waals surface area contributed by atoms with Crippen molar-refractivity contribution in [2.24, 2.45) is 17.3 Å². The van der Waals surface area contributed by atoms with Crippen molar-refractivity contribution in [3.63, 3.8) is 0 Å². The van der Waals surface area contributed by atoms with Gasteiger partial charge in [0.05, 0.1) is 29.4 Å². The Morgan fingerprint density at radius 1 is 1.18 bits per heavy atom. The largest absolute Gasteiger partial charge is 0.457 e. The van der Waals surface area contributed by atoms with Gasteiger partial charge in [-0.2, -0.15) is 0 Å². The predicted octanol–water partition coefficient (Wildman–Crippen LogP) is 1.17. The summed E-state index contributed by atoms with van der Waals surface area (Å²) in [5, 5.41) is 11.3. The number of halogens is 1. The van der Waals surface area contributed by atoms with Gasteiger partial charge in [-0.05, 0) is 26.3 Å². The van der Waals surface area contributed by atoms with Crippen molar-refractivity contribution in [3.8, 4) is 0 Å². The fourth-order valence-corrected chi connectivity index (χ4v) is 6.57. The molecule has 0 bridgehead atoms. The highest BCUT2D eigenvalue weighted by molar-refractivity contribution is 6.23. The number of ketones is 1. The third-order valence-corrected chi connectivity index (χ3v) is 8.71. The molecule has 38 heavy (non-hydrogen) atoms. The second-order valence-electron chi connectivity index (χ2n) is 10.8. The predicted molar refractivity (Wildman–Crippen MR) is 128 cm³/mol. The molecule has 2 aliphatic heterocycles. The number of hydrogen-bond acceptors (Lipinski definition) is 11. The molecular formula is C26H31ClO11. The number of alkyl halides is 1. The van der Waals surface area contributed by atoms with Gasteiger partial charge in [-0.1, -0.05) is 25.2 Å². The van der Waals surface area contributed by atoms with E-state index in [1.807, 2.05) is 0 Å². The molecule has 3 fully saturated rings. The van der Waals surface area contributed by atoms with Crippen molar-refractivity contribution < 1.29 is 52.8 Å². The molecule has 11 nitrogen and oxygen atoms in total. The monoisotopic (exact) mass is 554 g/mol. The van der Waals surface area contributed by atoms with Gasteiger partial charge in [0.25, 0.3) is 0 Å². The van der Waals surface area contributed by atoms with E-state index in [1.165, 1.54) is 19.9 Å². The third kappa shape index (κ3) is 4.34. The van der Waals surface area contributed by atoms with E-state index in [2.05, 4.69) is 6.58 Å². The fraction of sp³-hybridized carbons (Fsp3) is 0.654. The first-order valence-electron chi connectivity index (χ1n) is 12.2. The van der Waals surface area contributed by atoms with Crippen molar-refractivity contribution in [2.75, 3.05) is 6.61 Å². The average Bonchev–Trinajstić information content (AvgIpc) is 3.56. The van der Waals surface area contributed by atoms with Crippen molar-refractivity contribution in [2.45, 2.75) is 82.0 Å². The highest BCUT2D eigenvalue weighted by atomic mass is 35.5. The molecule has 0 amide bonds. The summed E-state index contributed by atoms with van der Waals surface area (Å²) in [6, 6.07) is 0.